The van der Waals surface area contributed by atoms with E-state index in [1.807, 2.05) is 0 Å². The van der Waals surface area contributed by atoms with Crippen molar-refractivity contribution in [2.45, 2.75) is 59.7 Å². The molecular formula is C19H26O8. The molecule has 0 bridgehead atoms. The summed E-state index contributed by atoms with van der Waals surface area (Å²) in [6.07, 6.45) is -1.91. The van der Waals surface area contributed by atoms with Gasteiger partial charge >= 0.3 is 18.3 Å². The molecule has 1 aromatic carbocycles. The molecule has 0 heterocycles. The smallest absolute Gasteiger partial charge is 0.462 e. The molecule has 150 valence electrons. The van der Waals surface area contributed by atoms with Gasteiger partial charge < -0.3 is 23.7 Å². The lowest BCUT2D eigenvalue weighted by Gasteiger charge is -2.20. The molecule has 0 aliphatic carbocycles. The first-order valence-electron chi connectivity index (χ1n) is 8.43. The van der Waals surface area contributed by atoms with Crippen molar-refractivity contribution in [3.05, 3.63) is 23.8 Å². The van der Waals surface area contributed by atoms with E-state index in [1.54, 1.807) is 48.5 Å². The van der Waals surface area contributed by atoms with Crippen LogP contribution in [0.25, 0.3) is 0 Å². The van der Waals surface area contributed by atoms with Gasteiger partial charge in [0.1, 0.15) is 28.3 Å². The highest BCUT2D eigenvalue weighted by atomic mass is 16.7. The molecule has 0 saturated carbocycles. The van der Waals surface area contributed by atoms with Crippen LogP contribution in [-0.2, 0) is 14.2 Å². The summed E-state index contributed by atoms with van der Waals surface area (Å²) in [6.45, 7) is 11.9. The first-order chi connectivity index (χ1) is 12.3. The third-order valence-corrected chi connectivity index (χ3v) is 2.62. The number of esters is 1. The SMILES string of the molecule is CCOC(=O)c1cc(OC(=O)OC(C)(C)C)ccc1OC(=O)OC(C)(C)C. The van der Waals surface area contributed by atoms with Crippen LogP contribution < -0.4 is 9.47 Å². The average molecular weight is 382 g/mol. The summed E-state index contributed by atoms with van der Waals surface area (Å²) in [5.74, 6) is -0.797. The van der Waals surface area contributed by atoms with Crippen molar-refractivity contribution in [1.29, 1.82) is 0 Å². The van der Waals surface area contributed by atoms with Crippen molar-refractivity contribution >= 4 is 18.3 Å². The zero-order valence-corrected chi connectivity index (χ0v) is 16.7. The number of hydrogen-bond acceptors (Lipinski definition) is 8. The summed E-state index contributed by atoms with van der Waals surface area (Å²) in [5.41, 5.74) is -1.59. The number of ether oxygens (including phenoxy) is 5. The van der Waals surface area contributed by atoms with E-state index in [1.165, 1.54) is 18.2 Å². The Morgan fingerprint density at radius 1 is 0.852 bits per heavy atom. The fraction of sp³-hybridized carbons (Fsp3) is 0.526. The van der Waals surface area contributed by atoms with Crippen LogP contribution in [0, 0.1) is 0 Å². The van der Waals surface area contributed by atoms with Crippen molar-refractivity contribution in [3.63, 3.8) is 0 Å². The number of rotatable bonds is 4. The second kappa shape index (κ2) is 8.75. The highest BCUT2D eigenvalue weighted by molar-refractivity contribution is 5.94. The maximum absolute atomic E-state index is 12.2. The molecule has 0 unspecified atom stereocenters. The maximum Gasteiger partial charge on any atom is 0.514 e. The van der Waals surface area contributed by atoms with Crippen LogP contribution in [-0.4, -0.2) is 36.1 Å². The first kappa shape index (κ1) is 22.3. The van der Waals surface area contributed by atoms with Gasteiger partial charge in [0, 0.05) is 0 Å². The van der Waals surface area contributed by atoms with E-state index < -0.39 is 29.5 Å². The number of hydrogen-bond donors (Lipinski definition) is 0. The Hall–Kier alpha value is -2.77. The van der Waals surface area contributed by atoms with Gasteiger partial charge in [0.15, 0.2) is 0 Å². The summed E-state index contributed by atoms with van der Waals surface area (Å²) in [7, 11) is 0. The fourth-order valence-corrected chi connectivity index (χ4v) is 1.76. The van der Waals surface area contributed by atoms with Crippen LogP contribution in [0.15, 0.2) is 18.2 Å². The Labute approximate surface area is 158 Å². The van der Waals surface area contributed by atoms with Gasteiger partial charge in [-0.05, 0) is 66.7 Å². The standard InChI is InChI=1S/C19H26O8/c1-8-23-15(20)13-11-12(24-16(21)26-18(2,3)4)9-10-14(13)25-17(22)27-19(5,6)7/h9-11H,8H2,1-7H3. The van der Waals surface area contributed by atoms with E-state index >= 15 is 0 Å². The normalized spacial score (nSPS) is 11.4. The molecule has 0 aliphatic rings. The number of carbonyl (C=O) groups is 3. The molecule has 1 aromatic rings. The predicted octanol–water partition coefficient (Wildman–Crippen LogP) is 4.49. The number of carbonyl (C=O) groups excluding carboxylic acids is 3. The molecular weight excluding hydrogens is 356 g/mol. The molecule has 0 fully saturated rings. The Kier molecular flexibility index (Phi) is 7.21. The van der Waals surface area contributed by atoms with E-state index in [2.05, 4.69) is 0 Å². The minimum atomic E-state index is -0.978. The largest absolute Gasteiger partial charge is 0.514 e. The molecule has 0 spiro atoms. The summed E-state index contributed by atoms with van der Waals surface area (Å²) in [4.78, 5) is 35.8. The molecule has 0 aromatic heterocycles. The van der Waals surface area contributed by atoms with Gasteiger partial charge in [-0.1, -0.05) is 0 Å². The van der Waals surface area contributed by atoms with Crippen LogP contribution in [0.4, 0.5) is 9.59 Å². The fourth-order valence-electron chi connectivity index (χ4n) is 1.76. The highest BCUT2D eigenvalue weighted by Gasteiger charge is 2.24. The van der Waals surface area contributed by atoms with Gasteiger partial charge in [-0.15, -0.1) is 0 Å². The summed E-state index contributed by atoms with van der Waals surface area (Å²) in [6, 6.07) is 3.88. The van der Waals surface area contributed by atoms with Crippen LogP contribution >= 0.6 is 0 Å². The van der Waals surface area contributed by atoms with Crippen molar-refractivity contribution in [1.82, 2.24) is 0 Å². The van der Waals surface area contributed by atoms with Crippen LogP contribution in [0.1, 0.15) is 58.8 Å². The van der Waals surface area contributed by atoms with Crippen molar-refractivity contribution in [2.75, 3.05) is 6.61 Å². The lowest BCUT2D eigenvalue weighted by molar-refractivity contribution is 0.0180. The minimum absolute atomic E-state index is 0.0313. The van der Waals surface area contributed by atoms with Crippen molar-refractivity contribution < 1.29 is 38.1 Å². The molecule has 8 nitrogen and oxygen atoms in total. The summed E-state index contributed by atoms with van der Waals surface area (Å²) >= 11 is 0. The minimum Gasteiger partial charge on any atom is -0.462 e. The van der Waals surface area contributed by atoms with E-state index in [0.29, 0.717) is 0 Å². The van der Waals surface area contributed by atoms with Gasteiger partial charge in [0.05, 0.1) is 6.61 Å². The Morgan fingerprint density at radius 2 is 1.37 bits per heavy atom. The molecule has 0 aliphatic heterocycles. The van der Waals surface area contributed by atoms with E-state index in [4.69, 9.17) is 23.7 Å². The lowest BCUT2D eigenvalue weighted by Crippen LogP contribution is -2.27. The molecule has 0 saturated heterocycles. The van der Waals surface area contributed by atoms with Gasteiger partial charge in [-0.3, -0.25) is 0 Å². The molecule has 27 heavy (non-hydrogen) atoms. The van der Waals surface area contributed by atoms with Crippen LogP contribution in [0.5, 0.6) is 11.5 Å². The topological polar surface area (TPSA) is 97.4 Å². The molecule has 0 amide bonds. The molecule has 8 heteroatoms. The van der Waals surface area contributed by atoms with E-state index in [9.17, 15) is 14.4 Å². The van der Waals surface area contributed by atoms with E-state index in [0.717, 1.165) is 0 Å². The Balaban J connectivity index is 3.05. The zero-order chi connectivity index (χ0) is 20.8. The van der Waals surface area contributed by atoms with Gasteiger partial charge in [0.25, 0.3) is 0 Å². The van der Waals surface area contributed by atoms with Gasteiger partial charge in [0.2, 0.25) is 0 Å². The summed E-state index contributed by atoms with van der Waals surface area (Å²) in [5, 5.41) is 0. The molecule has 1 rings (SSSR count). The third kappa shape index (κ3) is 8.44. The Morgan fingerprint density at radius 3 is 1.85 bits per heavy atom. The Bertz CT molecular complexity index is 695. The maximum atomic E-state index is 12.2. The zero-order valence-electron chi connectivity index (χ0n) is 16.7. The average Bonchev–Trinajstić information content (AvgIpc) is 2.45. The lowest BCUT2D eigenvalue weighted by atomic mass is 10.2. The second-order valence-electron chi connectivity index (χ2n) is 7.51. The van der Waals surface area contributed by atoms with Crippen LogP contribution in [0.3, 0.4) is 0 Å². The molecule has 0 atom stereocenters. The monoisotopic (exact) mass is 382 g/mol. The summed E-state index contributed by atoms with van der Waals surface area (Å²) < 4.78 is 25.2. The predicted molar refractivity (Wildman–Crippen MR) is 96.1 cm³/mol. The third-order valence-electron chi connectivity index (χ3n) is 2.62. The van der Waals surface area contributed by atoms with E-state index in [-0.39, 0.29) is 23.7 Å². The van der Waals surface area contributed by atoms with Crippen molar-refractivity contribution in [2.24, 2.45) is 0 Å². The quantitative estimate of drug-likeness (QED) is 0.427. The first-order valence-corrected chi connectivity index (χ1v) is 8.43. The molecule has 0 radical (unpaired) electrons. The van der Waals surface area contributed by atoms with Gasteiger partial charge in [-0.2, -0.15) is 0 Å². The highest BCUT2D eigenvalue weighted by Crippen LogP contribution is 2.27. The van der Waals surface area contributed by atoms with Crippen molar-refractivity contribution in [3.8, 4) is 11.5 Å². The molecule has 0 N–H and O–H groups in total. The number of benzene rings is 1. The second-order valence-corrected chi connectivity index (χ2v) is 7.51. The van der Waals surface area contributed by atoms with Gasteiger partial charge in [-0.25, -0.2) is 14.4 Å². The van der Waals surface area contributed by atoms with Crippen LogP contribution in [0.2, 0.25) is 0 Å².